The van der Waals surface area contributed by atoms with Gasteiger partial charge in [-0.05, 0) is 13.0 Å². The lowest BCUT2D eigenvalue weighted by atomic mass is 10.2. The van der Waals surface area contributed by atoms with Crippen LogP contribution in [0.2, 0.25) is 0 Å². The van der Waals surface area contributed by atoms with E-state index in [1.54, 1.807) is 0 Å². The van der Waals surface area contributed by atoms with Crippen molar-refractivity contribution in [2.75, 3.05) is 13.6 Å². The van der Waals surface area contributed by atoms with Crippen LogP contribution in [0.3, 0.4) is 0 Å². The van der Waals surface area contributed by atoms with Gasteiger partial charge in [0.05, 0.1) is 21.3 Å². The summed E-state index contributed by atoms with van der Waals surface area (Å²) in [6.07, 6.45) is 0. The molecule has 10 heteroatoms. The average Bonchev–Trinajstić information content (AvgIpc) is 2.40. The first-order chi connectivity index (χ1) is 9.98. The van der Waals surface area contributed by atoms with Crippen molar-refractivity contribution in [1.82, 2.24) is 4.31 Å². The molecule has 22 heavy (non-hydrogen) atoms. The Hall–Kier alpha value is -2.07. The molecule has 1 aromatic carbocycles. The summed E-state index contributed by atoms with van der Waals surface area (Å²) in [6, 6.07) is 1.44. The second kappa shape index (κ2) is 6.36. The molecule has 0 bridgehead atoms. The van der Waals surface area contributed by atoms with Gasteiger partial charge in [0.1, 0.15) is 5.82 Å². The van der Waals surface area contributed by atoms with Crippen LogP contribution < -0.4 is 0 Å². The first kappa shape index (κ1) is 18.0. The Bertz CT molecular complexity index is 719. The van der Waals surface area contributed by atoms with E-state index < -0.39 is 43.2 Å². The van der Waals surface area contributed by atoms with Crippen LogP contribution in [0, 0.1) is 28.8 Å². The van der Waals surface area contributed by atoms with Crippen LogP contribution in [-0.4, -0.2) is 42.3 Å². The van der Waals surface area contributed by atoms with Crippen molar-refractivity contribution < 1.29 is 27.6 Å². The number of hydrogen-bond donors (Lipinski definition) is 1. The van der Waals surface area contributed by atoms with Gasteiger partial charge >= 0.3 is 5.97 Å². The second-order valence-electron chi connectivity index (χ2n) is 4.83. The summed E-state index contributed by atoms with van der Waals surface area (Å²) in [5.74, 6) is -3.19. The molecule has 8 nitrogen and oxygen atoms in total. The van der Waals surface area contributed by atoms with Crippen molar-refractivity contribution in [2.45, 2.75) is 18.7 Å². The van der Waals surface area contributed by atoms with Gasteiger partial charge in [-0.25, -0.2) is 17.1 Å². The van der Waals surface area contributed by atoms with Crippen LogP contribution in [0.5, 0.6) is 0 Å². The van der Waals surface area contributed by atoms with Crippen LogP contribution >= 0.6 is 0 Å². The Kier molecular flexibility index (Phi) is 5.20. The summed E-state index contributed by atoms with van der Waals surface area (Å²) in [5.41, 5.74) is -0.927. The molecular formula is C12H15FN2O6S. The van der Waals surface area contributed by atoms with Crippen LogP contribution in [0.4, 0.5) is 10.1 Å². The maximum absolute atomic E-state index is 13.7. The molecular weight excluding hydrogens is 319 g/mol. The molecule has 0 aliphatic heterocycles. The van der Waals surface area contributed by atoms with E-state index in [1.807, 2.05) is 0 Å². The lowest BCUT2D eigenvalue weighted by molar-refractivity contribution is -0.385. The number of nitrogens with zero attached hydrogens (tertiary/aromatic N) is 2. The molecule has 0 spiro atoms. The summed E-state index contributed by atoms with van der Waals surface area (Å²) < 4.78 is 39.0. The normalized spacial score (nSPS) is 13.1. The Labute approximate surface area is 126 Å². The zero-order chi connectivity index (χ0) is 17.2. The van der Waals surface area contributed by atoms with Crippen LogP contribution in [0.15, 0.2) is 17.0 Å². The first-order valence-electron chi connectivity index (χ1n) is 6.12. The fourth-order valence-corrected chi connectivity index (χ4v) is 3.01. The number of sulfonamides is 1. The molecule has 1 N–H and O–H groups in total. The third-order valence-electron chi connectivity index (χ3n) is 3.15. The van der Waals surface area contributed by atoms with Crippen molar-refractivity contribution >= 4 is 21.7 Å². The van der Waals surface area contributed by atoms with Gasteiger partial charge in [0.15, 0.2) is 0 Å². The molecule has 122 valence electrons. The van der Waals surface area contributed by atoms with Gasteiger partial charge in [0.25, 0.3) is 5.69 Å². The zero-order valence-corrected chi connectivity index (χ0v) is 12.9. The minimum Gasteiger partial charge on any atom is -0.481 e. The first-order valence-corrected chi connectivity index (χ1v) is 7.56. The topological polar surface area (TPSA) is 118 Å². The summed E-state index contributed by atoms with van der Waals surface area (Å²) in [7, 11) is -3.11. The van der Waals surface area contributed by atoms with Crippen molar-refractivity contribution in [3.8, 4) is 0 Å². The number of carboxylic acids is 1. The lowest BCUT2D eigenvalue weighted by Gasteiger charge is -2.19. The Morgan fingerprint density at radius 2 is 2.05 bits per heavy atom. The number of carboxylic acid groups (broad SMARTS) is 1. The molecule has 0 aliphatic rings. The number of halogens is 1. The highest BCUT2D eigenvalue weighted by atomic mass is 32.2. The number of hydrogen-bond acceptors (Lipinski definition) is 5. The van der Waals surface area contributed by atoms with Crippen molar-refractivity contribution in [3.05, 3.63) is 33.6 Å². The van der Waals surface area contributed by atoms with Gasteiger partial charge in [0.2, 0.25) is 10.0 Å². The van der Waals surface area contributed by atoms with Gasteiger partial charge in [-0.15, -0.1) is 0 Å². The minimum absolute atomic E-state index is 0.273. The highest BCUT2D eigenvalue weighted by Crippen LogP contribution is 2.27. The second-order valence-corrected chi connectivity index (χ2v) is 6.88. The van der Waals surface area contributed by atoms with E-state index in [0.717, 1.165) is 17.4 Å². The van der Waals surface area contributed by atoms with Gasteiger partial charge < -0.3 is 5.11 Å². The molecule has 0 fully saturated rings. The molecule has 1 unspecified atom stereocenters. The molecule has 0 aromatic heterocycles. The maximum atomic E-state index is 13.7. The molecule has 0 saturated heterocycles. The highest BCUT2D eigenvalue weighted by Gasteiger charge is 2.28. The fraction of sp³-hybridized carbons (Fsp3) is 0.417. The van der Waals surface area contributed by atoms with Crippen molar-refractivity contribution in [1.29, 1.82) is 0 Å². The third kappa shape index (κ3) is 3.57. The number of rotatable bonds is 6. The van der Waals surface area contributed by atoms with Gasteiger partial charge in [0, 0.05) is 19.7 Å². The summed E-state index contributed by atoms with van der Waals surface area (Å²) in [6.45, 7) is 2.13. The quantitative estimate of drug-likeness (QED) is 0.620. The molecule has 0 aliphatic carbocycles. The summed E-state index contributed by atoms with van der Waals surface area (Å²) in [5, 5.41) is 19.6. The van der Waals surface area contributed by atoms with Gasteiger partial charge in [-0.2, -0.15) is 0 Å². The lowest BCUT2D eigenvalue weighted by Crippen LogP contribution is -2.33. The molecule has 0 saturated carbocycles. The van der Waals surface area contributed by atoms with Crippen molar-refractivity contribution in [3.63, 3.8) is 0 Å². The maximum Gasteiger partial charge on any atom is 0.307 e. The highest BCUT2D eigenvalue weighted by molar-refractivity contribution is 7.89. The monoisotopic (exact) mass is 334 g/mol. The molecule has 0 heterocycles. The molecule has 1 rings (SSSR count). The predicted octanol–water partition coefficient (Wildman–Crippen LogP) is 1.38. The third-order valence-corrected chi connectivity index (χ3v) is 4.95. The van der Waals surface area contributed by atoms with E-state index in [4.69, 9.17) is 5.11 Å². The van der Waals surface area contributed by atoms with E-state index in [2.05, 4.69) is 0 Å². The van der Waals surface area contributed by atoms with Crippen LogP contribution in [0.1, 0.15) is 12.5 Å². The Balaban J connectivity index is 3.29. The van der Waals surface area contributed by atoms with E-state index in [1.165, 1.54) is 13.8 Å². The SMILES string of the molecule is Cc1c(F)cc(S(=O)(=O)N(C)CC(C)C(=O)O)cc1[N+](=O)[O-]. The average molecular weight is 334 g/mol. The van der Waals surface area contributed by atoms with Crippen LogP contribution in [-0.2, 0) is 14.8 Å². The van der Waals surface area contributed by atoms with Crippen LogP contribution in [0.25, 0.3) is 0 Å². The molecule has 0 amide bonds. The van der Waals surface area contributed by atoms with E-state index in [0.29, 0.717) is 6.07 Å². The Morgan fingerprint density at radius 1 is 1.50 bits per heavy atom. The zero-order valence-electron chi connectivity index (χ0n) is 12.1. The van der Waals surface area contributed by atoms with Crippen molar-refractivity contribution in [2.24, 2.45) is 5.92 Å². The Morgan fingerprint density at radius 3 is 2.50 bits per heavy atom. The van der Waals surface area contributed by atoms with E-state index >= 15 is 0 Å². The molecule has 1 aromatic rings. The number of benzene rings is 1. The van der Waals surface area contributed by atoms with E-state index in [9.17, 15) is 27.7 Å². The minimum atomic E-state index is -4.24. The smallest absolute Gasteiger partial charge is 0.307 e. The fourth-order valence-electron chi connectivity index (χ4n) is 1.72. The largest absolute Gasteiger partial charge is 0.481 e. The number of aliphatic carboxylic acids is 1. The number of carbonyl (C=O) groups is 1. The van der Waals surface area contributed by atoms with Gasteiger partial charge in [-0.3, -0.25) is 14.9 Å². The predicted molar refractivity (Wildman–Crippen MR) is 74.4 cm³/mol. The summed E-state index contributed by atoms with van der Waals surface area (Å²) in [4.78, 5) is 20.1. The standard InChI is InChI=1S/C12H15FN2O6S/c1-7(12(16)17)6-14(3)22(20,21)9-4-10(13)8(2)11(5-9)15(18)19/h4-5,7H,6H2,1-3H3,(H,16,17). The number of nitro groups is 1. The molecule has 1 atom stereocenters. The summed E-state index contributed by atoms with van der Waals surface area (Å²) >= 11 is 0. The molecule has 0 radical (unpaired) electrons. The van der Waals surface area contributed by atoms with E-state index in [-0.39, 0.29) is 12.1 Å². The number of nitro benzene ring substituents is 1. The van der Waals surface area contributed by atoms with Gasteiger partial charge in [-0.1, -0.05) is 6.92 Å².